The third-order valence-corrected chi connectivity index (χ3v) is 4.04. The summed E-state index contributed by atoms with van der Waals surface area (Å²) in [5, 5.41) is 2.64. The zero-order valence-corrected chi connectivity index (χ0v) is 12.8. The van der Waals surface area contributed by atoms with Crippen molar-refractivity contribution in [3.8, 4) is 0 Å². The predicted molar refractivity (Wildman–Crippen MR) is 87.5 cm³/mol. The topological polar surface area (TPSA) is 67.5 Å². The summed E-state index contributed by atoms with van der Waals surface area (Å²) in [4.78, 5) is 17.0. The van der Waals surface area contributed by atoms with Crippen molar-refractivity contribution in [2.45, 2.75) is 25.8 Å². The molecule has 1 amide bonds. The molecule has 0 spiro atoms. The van der Waals surface area contributed by atoms with Gasteiger partial charge in [0.2, 0.25) is 0 Å². The van der Waals surface area contributed by atoms with Crippen molar-refractivity contribution in [2.24, 2.45) is 10.7 Å². The van der Waals surface area contributed by atoms with E-state index in [1.807, 2.05) is 62.4 Å². The van der Waals surface area contributed by atoms with Gasteiger partial charge in [-0.25, -0.2) is 4.99 Å². The smallest absolute Gasteiger partial charge is 0.259 e. The molecule has 0 aromatic heterocycles. The van der Waals surface area contributed by atoms with Crippen LogP contribution < -0.4 is 11.1 Å². The molecule has 0 fully saturated rings. The molecule has 112 valence electrons. The highest BCUT2D eigenvalue weighted by Gasteiger charge is 2.44. The quantitative estimate of drug-likeness (QED) is 0.911. The Labute approximate surface area is 130 Å². The zero-order valence-electron chi connectivity index (χ0n) is 12.8. The normalized spacial score (nSPS) is 20.6. The second-order valence-electron chi connectivity index (χ2n) is 5.84. The number of carbonyl (C=O) groups excluding carboxylic acids is 1. The average molecular weight is 293 g/mol. The number of carbonyl (C=O) groups is 1. The summed E-state index contributed by atoms with van der Waals surface area (Å²) >= 11 is 0. The summed E-state index contributed by atoms with van der Waals surface area (Å²) in [6, 6.07) is 16.0. The number of rotatable bonds is 3. The van der Waals surface area contributed by atoms with E-state index in [2.05, 4.69) is 10.3 Å². The molecule has 2 aromatic carbocycles. The van der Waals surface area contributed by atoms with Crippen LogP contribution in [0.2, 0.25) is 0 Å². The fourth-order valence-corrected chi connectivity index (χ4v) is 2.75. The molecule has 22 heavy (non-hydrogen) atoms. The molecular formula is C18H19N3O. The molecular weight excluding hydrogens is 274 g/mol. The Balaban J connectivity index is 2.06. The molecule has 0 bridgehead atoms. The number of nitrogens with one attached hydrogen (secondary N) is 1. The van der Waals surface area contributed by atoms with Gasteiger partial charge in [0, 0.05) is 6.42 Å². The van der Waals surface area contributed by atoms with E-state index in [4.69, 9.17) is 5.73 Å². The summed E-state index contributed by atoms with van der Waals surface area (Å²) in [5.41, 5.74) is 9.03. The maximum Gasteiger partial charge on any atom is 0.259 e. The number of nitrogens with two attached hydrogens (primary N) is 1. The fourth-order valence-electron chi connectivity index (χ4n) is 2.75. The number of nitrogens with zero attached hydrogens (tertiary/aromatic N) is 1. The lowest BCUT2D eigenvalue weighted by atomic mass is 9.83. The first-order valence-electron chi connectivity index (χ1n) is 7.29. The molecule has 0 radical (unpaired) electrons. The third-order valence-electron chi connectivity index (χ3n) is 4.04. The second kappa shape index (κ2) is 5.30. The Kier molecular flexibility index (Phi) is 3.45. The van der Waals surface area contributed by atoms with Crippen LogP contribution in [0.5, 0.6) is 0 Å². The first-order chi connectivity index (χ1) is 10.5. The van der Waals surface area contributed by atoms with E-state index in [0.29, 0.717) is 6.42 Å². The first kappa shape index (κ1) is 14.3. The molecule has 4 heteroatoms. The highest BCUT2D eigenvalue weighted by Crippen LogP contribution is 2.33. The largest absolute Gasteiger partial charge is 0.370 e. The van der Waals surface area contributed by atoms with Crippen LogP contribution >= 0.6 is 0 Å². The summed E-state index contributed by atoms with van der Waals surface area (Å²) in [6.07, 6.45) is 0.489. The van der Waals surface area contributed by atoms with Crippen LogP contribution in [0.1, 0.15) is 22.3 Å². The van der Waals surface area contributed by atoms with E-state index < -0.39 is 5.54 Å². The average Bonchev–Trinajstić information content (AvgIpc) is 2.77. The molecule has 4 nitrogen and oxygen atoms in total. The van der Waals surface area contributed by atoms with E-state index >= 15 is 0 Å². The van der Waals surface area contributed by atoms with Crippen molar-refractivity contribution in [2.75, 3.05) is 0 Å². The summed E-state index contributed by atoms with van der Waals surface area (Å²) in [5.74, 6) is 0.00659. The maximum absolute atomic E-state index is 12.6. The lowest BCUT2D eigenvalue weighted by Crippen LogP contribution is -2.40. The molecule has 3 rings (SSSR count). The second-order valence-corrected chi connectivity index (χ2v) is 5.84. The summed E-state index contributed by atoms with van der Waals surface area (Å²) in [7, 11) is 0. The summed E-state index contributed by atoms with van der Waals surface area (Å²) in [6.45, 7) is 4.06. The molecule has 1 aliphatic rings. The molecule has 1 aliphatic heterocycles. The molecule has 0 aliphatic carbocycles. The Morgan fingerprint density at radius 2 is 1.55 bits per heavy atom. The van der Waals surface area contributed by atoms with Crippen molar-refractivity contribution in [1.29, 1.82) is 0 Å². The number of hydrogen-bond acceptors (Lipinski definition) is 3. The molecule has 1 unspecified atom stereocenters. The number of benzene rings is 2. The van der Waals surface area contributed by atoms with Gasteiger partial charge in [-0.1, -0.05) is 59.7 Å². The molecule has 1 atom stereocenters. The predicted octanol–water partition coefficient (Wildman–Crippen LogP) is 2.19. The molecule has 0 saturated heterocycles. The van der Waals surface area contributed by atoms with Gasteiger partial charge in [-0.3, -0.25) is 10.1 Å². The van der Waals surface area contributed by atoms with Gasteiger partial charge in [-0.05, 0) is 25.0 Å². The fraction of sp³-hybridized carbons (Fsp3) is 0.222. The van der Waals surface area contributed by atoms with E-state index in [0.717, 1.165) is 16.7 Å². The van der Waals surface area contributed by atoms with Crippen LogP contribution in [0.3, 0.4) is 0 Å². The minimum atomic E-state index is -0.979. The van der Waals surface area contributed by atoms with Crippen molar-refractivity contribution in [3.63, 3.8) is 0 Å². The standard InChI is InChI=1S/C18H19N3O/c1-12-3-7-14(8-4-12)11-18(16(22)20-17(19)21-18)15-9-5-13(2)6-10-15/h3-10H,11H2,1-2H3,(H3,19,20,21,22). The monoisotopic (exact) mass is 293 g/mol. The van der Waals surface area contributed by atoms with E-state index in [1.54, 1.807) is 0 Å². The molecule has 0 saturated carbocycles. The Bertz CT molecular complexity index is 732. The van der Waals surface area contributed by atoms with Gasteiger partial charge in [0.1, 0.15) is 0 Å². The van der Waals surface area contributed by atoms with Gasteiger partial charge in [0.05, 0.1) is 0 Å². The van der Waals surface area contributed by atoms with Crippen LogP contribution in [0.4, 0.5) is 0 Å². The van der Waals surface area contributed by atoms with Crippen molar-refractivity contribution in [1.82, 2.24) is 5.32 Å². The van der Waals surface area contributed by atoms with Crippen LogP contribution in [-0.2, 0) is 16.8 Å². The van der Waals surface area contributed by atoms with Crippen LogP contribution in [0.25, 0.3) is 0 Å². The number of amides is 1. The SMILES string of the molecule is Cc1ccc(CC2(c3ccc(C)cc3)N=C(N)NC2=O)cc1. The Morgan fingerprint density at radius 3 is 2.05 bits per heavy atom. The van der Waals surface area contributed by atoms with Crippen LogP contribution in [-0.4, -0.2) is 11.9 Å². The van der Waals surface area contributed by atoms with Crippen molar-refractivity contribution in [3.05, 3.63) is 70.8 Å². The lowest BCUT2D eigenvalue weighted by Gasteiger charge is -2.24. The van der Waals surface area contributed by atoms with Crippen LogP contribution in [0.15, 0.2) is 53.5 Å². The van der Waals surface area contributed by atoms with Gasteiger partial charge < -0.3 is 5.73 Å². The number of guanidine groups is 1. The third kappa shape index (κ3) is 2.48. The lowest BCUT2D eigenvalue weighted by molar-refractivity contribution is -0.124. The van der Waals surface area contributed by atoms with Gasteiger partial charge in [0.25, 0.3) is 5.91 Å². The van der Waals surface area contributed by atoms with Gasteiger partial charge in [0.15, 0.2) is 11.5 Å². The highest BCUT2D eigenvalue weighted by atomic mass is 16.2. The maximum atomic E-state index is 12.6. The number of aryl methyl sites for hydroxylation is 2. The van der Waals surface area contributed by atoms with Gasteiger partial charge >= 0.3 is 0 Å². The van der Waals surface area contributed by atoms with Gasteiger partial charge in [-0.2, -0.15) is 0 Å². The minimum Gasteiger partial charge on any atom is -0.370 e. The number of aliphatic imine (C=N–C) groups is 1. The first-order valence-corrected chi connectivity index (χ1v) is 7.29. The Hall–Kier alpha value is -2.62. The van der Waals surface area contributed by atoms with Gasteiger partial charge in [-0.15, -0.1) is 0 Å². The van der Waals surface area contributed by atoms with Crippen molar-refractivity contribution < 1.29 is 4.79 Å². The highest BCUT2D eigenvalue weighted by molar-refractivity contribution is 6.07. The van der Waals surface area contributed by atoms with E-state index in [-0.39, 0.29) is 11.9 Å². The summed E-state index contributed by atoms with van der Waals surface area (Å²) < 4.78 is 0. The number of hydrogen-bond donors (Lipinski definition) is 2. The molecule has 1 heterocycles. The molecule has 3 N–H and O–H groups in total. The molecule has 2 aromatic rings. The van der Waals surface area contributed by atoms with E-state index in [1.165, 1.54) is 5.56 Å². The van der Waals surface area contributed by atoms with Crippen molar-refractivity contribution >= 4 is 11.9 Å². The zero-order chi connectivity index (χ0) is 15.7. The Morgan fingerprint density at radius 1 is 1.00 bits per heavy atom. The minimum absolute atomic E-state index is 0.172. The van der Waals surface area contributed by atoms with E-state index in [9.17, 15) is 4.79 Å². The van der Waals surface area contributed by atoms with Crippen LogP contribution in [0, 0.1) is 13.8 Å².